The number of rotatable bonds is 2. The first-order valence-electron chi connectivity index (χ1n) is 8.21. The van der Waals surface area contributed by atoms with Crippen LogP contribution in [0.1, 0.15) is 60.4 Å². The molecule has 0 bridgehead atoms. The van der Waals surface area contributed by atoms with Gasteiger partial charge in [-0.2, -0.15) is 18.3 Å². The summed E-state index contributed by atoms with van der Waals surface area (Å²) in [5.41, 5.74) is -1.25. The van der Waals surface area contributed by atoms with E-state index in [0.29, 0.717) is 4.52 Å². The number of carbonyl (C=O) groups excluding carboxylic acids is 1. The number of fused-ring (bicyclic) bond motifs is 1. The molecule has 1 aliphatic rings. The topological polar surface area (TPSA) is 59.3 Å². The Balaban J connectivity index is 1.96. The fourth-order valence-corrected chi connectivity index (χ4v) is 3.38. The summed E-state index contributed by atoms with van der Waals surface area (Å²) in [6.07, 6.45) is 1.35. The van der Waals surface area contributed by atoms with Crippen molar-refractivity contribution in [3.05, 3.63) is 28.2 Å². The smallest absolute Gasteiger partial charge is 0.348 e. The van der Waals surface area contributed by atoms with E-state index in [1.807, 2.05) is 0 Å². The molecule has 0 spiro atoms. The van der Waals surface area contributed by atoms with Crippen molar-refractivity contribution in [1.29, 1.82) is 0 Å². The molecule has 0 aromatic carbocycles. The molecule has 0 aliphatic heterocycles. The van der Waals surface area contributed by atoms with E-state index in [1.165, 1.54) is 6.92 Å². The summed E-state index contributed by atoms with van der Waals surface area (Å²) in [6.45, 7) is 1.43. The molecule has 1 N–H and O–H groups in total. The number of amides is 1. The largest absolute Gasteiger partial charge is 0.433 e. The van der Waals surface area contributed by atoms with Crippen molar-refractivity contribution < 1.29 is 18.0 Å². The fraction of sp³-hybridized carbons (Fsp3) is 0.562. The summed E-state index contributed by atoms with van der Waals surface area (Å²) in [6, 6.07) is 0.871. The van der Waals surface area contributed by atoms with Crippen molar-refractivity contribution in [2.24, 2.45) is 0 Å². The van der Waals surface area contributed by atoms with Gasteiger partial charge in [0.05, 0.1) is 0 Å². The number of nitrogens with zero attached hydrogens (tertiary/aromatic N) is 3. The zero-order valence-corrected chi connectivity index (χ0v) is 14.4. The van der Waals surface area contributed by atoms with Crippen LogP contribution in [0.4, 0.5) is 13.2 Å². The highest BCUT2D eigenvalue weighted by atomic mass is 35.5. The summed E-state index contributed by atoms with van der Waals surface area (Å²) in [5.74, 6) is -0.562. The third-order valence-electron chi connectivity index (χ3n) is 4.36. The summed E-state index contributed by atoms with van der Waals surface area (Å²) in [7, 11) is 0. The van der Waals surface area contributed by atoms with Crippen LogP contribution < -0.4 is 5.32 Å². The van der Waals surface area contributed by atoms with Gasteiger partial charge in [-0.3, -0.25) is 4.79 Å². The molecular formula is C16H18ClF3N4O. The lowest BCUT2D eigenvalue weighted by Gasteiger charge is -2.15. The number of hydrogen-bond acceptors (Lipinski definition) is 3. The molecule has 1 saturated carbocycles. The van der Waals surface area contributed by atoms with Gasteiger partial charge in [-0.05, 0) is 25.8 Å². The van der Waals surface area contributed by atoms with Gasteiger partial charge in [-0.1, -0.05) is 37.3 Å². The maximum Gasteiger partial charge on any atom is 0.433 e. The van der Waals surface area contributed by atoms with Gasteiger partial charge in [-0.25, -0.2) is 9.50 Å². The Morgan fingerprint density at radius 1 is 1.28 bits per heavy atom. The zero-order valence-electron chi connectivity index (χ0n) is 13.7. The Morgan fingerprint density at radius 3 is 2.52 bits per heavy atom. The number of aromatic nitrogens is 3. The molecule has 3 rings (SSSR count). The van der Waals surface area contributed by atoms with E-state index in [2.05, 4.69) is 15.4 Å². The summed E-state index contributed by atoms with van der Waals surface area (Å²) >= 11 is 6.12. The van der Waals surface area contributed by atoms with Crippen molar-refractivity contribution >= 4 is 23.2 Å². The van der Waals surface area contributed by atoms with Crippen LogP contribution in [0.2, 0.25) is 5.02 Å². The molecule has 0 saturated heterocycles. The van der Waals surface area contributed by atoms with Crippen LogP contribution in [-0.2, 0) is 6.18 Å². The first kappa shape index (κ1) is 18.0. The van der Waals surface area contributed by atoms with Crippen LogP contribution >= 0.6 is 11.6 Å². The molecular weight excluding hydrogens is 357 g/mol. The van der Waals surface area contributed by atoms with Crippen LogP contribution in [0.5, 0.6) is 0 Å². The van der Waals surface area contributed by atoms with Crippen molar-refractivity contribution in [2.75, 3.05) is 0 Å². The van der Waals surface area contributed by atoms with Gasteiger partial charge in [0.15, 0.2) is 11.3 Å². The third-order valence-corrected chi connectivity index (χ3v) is 4.70. The SMILES string of the molecule is Cc1cc(C(F)(F)F)n2nc(C(=O)NC3CCCCCC3)c(Cl)c2n1. The Morgan fingerprint density at radius 2 is 1.92 bits per heavy atom. The maximum atomic E-state index is 13.2. The average Bonchev–Trinajstić information content (AvgIpc) is 2.71. The highest BCUT2D eigenvalue weighted by Gasteiger charge is 2.36. The van der Waals surface area contributed by atoms with Gasteiger partial charge in [0, 0.05) is 11.7 Å². The van der Waals surface area contributed by atoms with E-state index in [1.54, 1.807) is 0 Å². The molecule has 136 valence electrons. The lowest BCUT2D eigenvalue weighted by Crippen LogP contribution is -2.34. The van der Waals surface area contributed by atoms with Crippen LogP contribution in [-0.4, -0.2) is 26.5 Å². The molecule has 5 nitrogen and oxygen atoms in total. The Labute approximate surface area is 147 Å². The lowest BCUT2D eigenvalue weighted by atomic mass is 10.1. The zero-order chi connectivity index (χ0) is 18.2. The van der Waals surface area contributed by atoms with Crippen molar-refractivity contribution in [2.45, 2.75) is 57.7 Å². The molecule has 2 heterocycles. The quantitative estimate of drug-likeness (QED) is 0.803. The molecule has 0 unspecified atom stereocenters. The molecule has 0 atom stereocenters. The number of carbonyl (C=O) groups is 1. The molecule has 1 amide bonds. The van der Waals surface area contributed by atoms with Crippen LogP contribution in [0.15, 0.2) is 6.07 Å². The number of hydrogen-bond donors (Lipinski definition) is 1. The van der Waals surface area contributed by atoms with Gasteiger partial charge >= 0.3 is 6.18 Å². The van der Waals surface area contributed by atoms with Crippen LogP contribution in [0.25, 0.3) is 5.65 Å². The Hall–Kier alpha value is -1.83. The standard InChI is InChI=1S/C16H18ClF3N4O/c1-9-8-11(16(18,19)20)24-14(21-9)12(17)13(23-24)15(25)22-10-6-4-2-3-5-7-10/h8,10H,2-7H2,1H3,(H,22,25). The summed E-state index contributed by atoms with van der Waals surface area (Å²) < 4.78 is 40.3. The highest BCUT2D eigenvalue weighted by Crippen LogP contribution is 2.32. The number of alkyl halides is 3. The van der Waals surface area contributed by atoms with Gasteiger partial charge < -0.3 is 5.32 Å². The van der Waals surface area contributed by atoms with Crippen molar-refractivity contribution in [3.8, 4) is 0 Å². The first-order valence-corrected chi connectivity index (χ1v) is 8.59. The Kier molecular flexibility index (Phi) is 4.90. The lowest BCUT2D eigenvalue weighted by molar-refractivity contribution is -0.142. The minimum atomic E-state index is -4.63. The van der Waals surface area contributed by atoms with E-state index >= 15 is 0 Å². The molecule has 1 fully saturated rings. The minimum Gasteiger partial charge on any atom is -0.348 e. The van der Waals surface area contributed by atoms with E-state index in [0.717, 1.165) is 44.6 Å². The monoisotopic (exact) mass is 374 g/mol. The third kappa shape index (κ3) is 3.73. The summed E-state index contributed by atoms with van der Waals surface area (Å²) in [4.78, 5) is 16.5. The number of aryl methyl sites for hydroxylation is 1. The van der Waals surface area contributed by atoms with Crippen molar-refractivity contribution in [3.63, 3.8) is 0 Å². The van der Waals surface area contributed by atoms with E-state index < -0.39 is 17.8 Å². The molecule has 1 aliphatic carbocycles. The average molecular weight is 375 g/mol. The first-order chi connectivity index (χ1) is 11.8. The normalized spacial score (nSPS) is 16.8. The summed E-state index contributed by atoms with van der Waals surface area (Å²) in [5, 5.41) is 6.47. The second-order valence-electron chi connectivity index (χ2n) is 6.34. The predicted molar refractivity (Wildman–Crippen MR) is 86.7 cm³/mol. The minimum absolute atomic E-state index is 0.00680. The van der Waals surface area contributed by atoms with Gasteiger partial charge in [-0.15, -0.1) is 0 Å². The molecule has 2 aromatic rings. The predicted octanol–water partition coefficient (Wildman–Crippen LogP) is 4.16. The van der Waals surface area contributed by atoms with Crippen LogP contribution in [0.3, 0.4) is 0 Å². The molecule has 2 aromatic heterocycles. The van der Waals surface area contributed by atoms with Crippen LogP contribution in [0, 0.1) is 6.92 Å². The second kappa shape index (κ2) is 6.82. The second-order valence-corrected chi connectivity index (χ2v) is 6.72. The molecule has 9 heteroatoms. The van der Waals surface area contributed by atoms with E-state index in [4.69, 9.17) is 11.6 Å². The molecule has 0 radical (unpaired) electrons. The van der Waals surface area contributed by atoms with E-state index in [-0.39, 0.29) is 28.1 Å². The fourth-order valence-electron chi connectivity index (χ4n) is 3.14. The number of halogens is 4. The highest BCUT2D eigenvalue weighted by molar-refractivity contribution is 6.36. The van der Waals surface area contributed by atoms with E-state index in [9.17, 15) is 18.0 Å². The van der Waals surface area contributed by atoms with Gasteiger partial charge in [0.2, 0.25) is 0 Å². The van der Waals surface area contributed by atoms with Gasteiger partial charge in [0.1, 0.15) is 10.7 Å². The maximum absolute atomic E-state index is 13.2. The van der Waals surface area contributed by atoms with Gasteiger partial charge in [0.25, 0.3) is 5.91 Å². The Bertz CT molecular complexity index is 795. The van der Waals surface area contributed by atoms with Crippen molar-refractivity contribution in [1.82, 2.24) is 19.9 Å². The number of nitrogens with one attached hydrogen (secondary N) is 1. The molecule has 25 heavy (non-hydrogen) atoms.